The minimum absolute atomic E-state index is 0.503. The Kier molecular flexibility index (Phi) is 8.99. The Morgan fingerprint density at radius 1 is 0.357 bits per heavy atom. The molecule has 12 aromatic rings. The van der Waals surface area contributed by atoms with Crippen LogP contribution in [0.25, 0.3) is 71.6 Å². The van der Waals surface area contributed by atoms with E-state index in [2.05, 4.69) is 277 Å². The molecular weight excluding hydrogens is 861 g/mol. The molecule has 0 radical (unpaired) electrons. The second-order valence-electron chi connectivity index (χ2n) is 19.6. The van der Waals surface area contributed by atoms with Gasteiger partial charge in [0.25, 0.3) is 0 Å². The predicted octanol–water partition coefficient (Wildman–Crippen LogP) is 16.2. The second-order valence-corrected chi connectivity index (χ2v) is 23.9. The maximum absolute atomic E-state index is 2.58. The number of benzene rings is 11. The molecule has 0 saturated carbocycles. The van der Waals surface area contributed by atoms with Gasteiger partial charge in [-0.2, -0.15) is 0 Å². The first kappa shape index (κ1) is 40.6. The van der Waals surface area contributed by atoms with Gasteiger partial charge < -0.3 is 9.47 Å². The van der Waals surface area contributed by atoms with E-state index < -0.39 is 13.5 Å². The van der Waals surface area contributed by atoms with Crippen LogP contribution in [0.3, 0.4) is 0 Å². The van der Waals surface area contributed by atoms with Crippen molar-refractivity contribution in [3.05, 3.63) is 277 Å². The van der Waals surface area contributed by atoms with E-state index in [1.807, 2.05) is 0 Å². The van der Waals surface area contributed by atoms with E-state index >= 15 is 0 Å². The molecule has 2 aliphatic rings. The van der Waals surface area contributed by atoms with E-state index in [0.717, 1.165) is 22.6 Å². The van der Waals surface area contributed by atoms with Gasteiger partial charge in [0.05, 0.1) is 22.1 Å². The molecule has 1 aromatic heterocycles. The van der Waals surface area contributed by atoms with Crippen molar-refractivity contribution in [2.24, 2.45) is 0 Å². The third-order valence-corrected chi connectivity index (χ3v) is 19.2. The average Bonchev–Trinajstić information content (AvgIpc) is 3.75. The van der Waals surface area contributed by atoms with Crippen LogP contribution >= 0.6 is 0 Å². The fraction of sp³-hybridized carbons (Fsp3) is 0.0448. The highest BCUT2D eigenvalue weighted by molar-refractivity contribution is 7.01. The van der Waals surface area contributed by atoms with E-state index in [4.69, 9.17) is 0 Å². The summed E-state index contributed by atoms with van der Waals surface area (Å²) < 4.78 is 2.53. The summed E-state index contributed by atoms with van der Waals surface area (Å²) in [6.07, 6.45) is 0. The molecule has 0 N–H and O–H groups in total. The van der Waals surface area contributed by atoms with Crippen LogP contribution in [0.2, 0.25) is 13.1 Å². The summed E-state index contributed by atoms with van der Waals surface area (Å²) in [5, 5.41) is 8.05. The average molecular weight is 909 g/mol. The normalized spacial score (nSPS) is 15.2. The van der Waals surface area contributed by atoms with Crippen molar-refractivity contribution in [2.75, 3.05) is 4.90 Å². The second kappa shape index (κ2) is 15.5. The van der Waals surface area contributed by atoms with Gasteiger partial charge in [-0.1, -0.05) is 225 Å². The molecule has 2 heterocycles. The molecule has 1 aliphatic carbocycles. The first-order valence-electron chi connectivity index (χ1n) is 24.5. The van der Waals surface area contributed by atoms with Crippen molar-refractivity contribution in [3.8, 4) is 39.1 Å². The highest BCUT2D eigenvalue weighted by Gasteiger charge is 2.52. The molecule has 11 aromatic carbocycles. The van der Waals surface area contributed by atoms with Gasteiger partial charge in [-0.25, -0.2) is 0 Å². The standard InChI is InChI=1S/C67H48N2Si/c1-70(2)63-38-17-15-35-58(63)67(57-34-14-12-29-53(57)56-33-18-25-47-26-19-36-60(67)65(47)56)59-42-40-50(44-64(59)70)68(48-27-10-5-11-28-48)49-39-41-55-54-30-13-16-37-61(54)69(62(55)43-49)66-51(45-21-6-3-7-22-45)31-20-32-52(66)46-23-8-4-9-24-46/h3-44H,1-2H3. The third-order valence-electron chi connectivity index (χ3n) is 15.6. The van der Waals surface area contributed by atoms with E-state index in [1.165, 1.54) is 98.8 Å². The van der Waals surface area contributed by atoms with Crippen LogP contribution in [0, 0.1) is 0 Å². The largest absolute Gasteiger partial charge is 0.310 e. The molecule has 330 valence electrons. The zero-order chi connectivity index (χ0) is 46.6. The molecule has 0 amide bonds. The highest BCUT2D eigenvalue weighted by atomic mass is 28.3. The summed E-state index contributed by atoms with van der Waals surface area (Å²) >= 11 is 0. The van der Waals surface area contributed by atoms with Gasteiger partial charge in [-0.3, -0.25) is 0 Å². The van der Waals surface area contributed by atoms with Gasteiger partial charge in [0.15, 0.2) is 0 Å². The van der Waals surface area contributed by atoms with Gasteiger partial charge in [0.2, 0.25) is 0 Å². The van der Waals surface area contributed by atoms with Crippen molar-refractivity contribution in [3.63, 3.8) is 0 Å². The minimum Gasteiger partial charge on any atom is -0.310 e. The molecule has 0 saturated heterocycles. The van der Waals surface area contributed by atoms with Crippen molar-refractivity contribution in [1.82, 2.24) is 4.57 Å². The quantitative estimate of drug-likeness (QED) is 0.151. The van der Waals surface area contributed by atoms with Crippen LogP contribution in [0.1, 0.15) is 22.3 Å². The van der Waals surface area contributed by atoms with E-state index in [-0.39, 0.29) is 0 Å². The molecule has 14 rings (SSSR count). The minimum atomic E-state index is -2.34. The van der Waals surface area contributed by atoms with Gasteiger partial charge in [-0.15, -0.1) is 0 Å². The van der Waals surface area contributed by atoms with Crippen molar-refractivity contribution in [1.29, 1.82) is 0 Å². The molecule has 0 bridgehead atoms. The summed E-state index contributed by atoms with van der Waals surface area (Å²) in [5.74, 6) is 0. The van der Waals surface area contributed by atoms with E-state index in [1.54, 1.807) is 0 Å². The lowest BCUT2D eigenvalue weighted by Crippen LogP contribution is -2.63. The van der Waals surface area contributed by atoms with Crippen LogP contribution in [0.5, 0.6) is 0 Å². The number of fused-ring (bicyclic) bond motifs is 11. The van der Waals surface area contributed by atoms with Gasteiger partial charge in [-0.05, 0) is 108 Å². The molecule has 2 nitrogen and oxygen atoms in total. The van der Waals surface area contributed by atoms with Crippen LogP contribution < -0.4 is 15.3 Å². The van der Waals surface area contributed by atoms with Gasteiger partial charge in [0, 0.05) is 39.0 Å². The Balaban J connectivity index is 1.04. The maximum Gasteiger partial charge on any atom is 0.113 e. The number of hydrogen-bond acceptors (Lipinski definition) is 1. The predicted molar refractivity (Wildman–Crippen MR) is 298 cm³/mol. The number of rotatable bonds is 6. The topological polar surface area (TPSA) is 8.17 Å². The maximum atomic E-state index is 2.58. The molecule has 1 spiro atoms. The van der Waals surface area contributed by atoms with Crippen molar-refractivity contribution < 1.29 is 0 Å². The SMILES string of the molecule is C[Si]1(C)c2ccccc2C2(c3ccccc3-c3cccc4cccc2c34)c2ccc(N(c3ccccc3)c3ccc4c5ccccc5n(-c5c(-c6ccccc6)cccc5-c5ccccc5)c4c3)cc21. The first-order chi connectivity index (χ1) is 34.5. The van der Waals surface area contributed by atoms with Gasteiger partial charge >= 0.3 is 0 Å². The number of hydrogen-bond donors (Lipinski definition) is 0. The van der Waals surface area contributed by atoms with Crippen molar-refractivity contribution >= 4 is 68.1 Å². The van der Waals surface area contributed by atoms with Crippen LogP contribution in [-0.2, 0) is 5.41 Å². The molecule has 1 unspecified atom stereocenters. The van der Waals surface area contributed by atoms with Crippen LogP contribution in [-0.4, -0.2) is 12.6 Å². The Hall–Kier alpha value is -8.50. The summed E-state index contributed by atoms with van der Waals surface area (Å²) in [4.78, 5) is 2.49. The molecular formula is C67H48N2Si. The Bertz CT molecular complexity index is 3980. The Labute approximate surface area is 410 Å². The number of aromatic nitrogens is 1. The fourth-order valence-corrected chi connectivity index (χ4v) is 15.9. The monoisotopic (exact) mass is 908 g/mol. The molecule has 1 aliphatic heterocycles. The zero-order valence-corrected chi connectivity index (χ0v) is 40.1. The fourth-order valence-electron chi connectivity index (χ4n) is 12.7. The van der Waals surface area contributed by atoms with Crippen molar-refractivity contribution in [2.45, 2.75) is 18.5 Å². The smallest absolute Gasteiger partial charge is 0.113 e. The summed E-state index contributed by atoms with van der Waals surface area (Å²) in [7, 11) is -2.34. The number of para-hydroxylation sites is 3. The lowest BCUT2D eigenvalue weighted by molar-refractivity contribution is 0.754. The Morgan fingerprint density at radius 2 is 0.886 bits per heavy atom. The molecule has 1 atom stereocenters. The molecule has 3 heteroatoms. The zero-order valence-electron chi connectivity index (χ0n) is 39.1. The third kappa shape index (κ3) is 5.73. The molecule has 0 fully saturated rings. The number of anilines is 3. The number of nitrogens with zero attached hydrogens (tertiary/aromatic N) is 2. The van der Waals surface area contributed by atoms with E-state index in [0.29, 0.717) is 0 Å². The first-order valence-corrected chi connectivity index (χ1v) is 27.5. The lowest BCUT2D eigenvalue weighted by Gasteiger charge is -2.50. The van der Waals surface area contributed by atoms with E-state index in [9.17, 15) is 0 Å². The van der Waals surface area contributed by atoms with Crippen LogP contribution in [0.4, 0.5) is 17.1 Å². The van der Waals surface area contributed by atoms with Gasteiger partial charge in [0.1, 0.15) is 8.07 Å². The summed E-state index contributed by atoms with van der Waals surface area (Å²) in [5.41, 5.74) is 19.3. The summed E-state index contributed by atoms with van der Waals surface area (Å²) in [6.45, 7) is 5.13. The summed E-state index contributed by atoms with van der Waals surface area (Å²) in [6, 6.07) is 95.4. The highest BCUT2D eigenvalue weighted by Crippen LogP contribution is 2.56. The Morgan fingerprint density at radius 3 is 1.64 bits per heavy atom. The lowest BCUT2D eigenvalue weighted by atomic mass is 9.59. The molecule has 70 heavy (non-hydrogen) atoms. The van der Waals surface area contributed by atoms with Crippen LogP contribution in [0.15, 0.2) is 255 Å².